The van der Waals surface area contributed by atoms with Gasteiger partial charge in [0.25, 0.3) is 0 Å². The van der Waals surface area contributed by atoms with Crippen LogP contribution in [0, 0.1) is 0 Å². The minimum Gasteiger partial charge on any atom is -0.424 e. The fraction of sp³-hybridized carbons (Fsp3) is 0.600. The molecule has 0 saturated heterocycles. The fourth-order valence-corrected chi connectivity index (χ4v) is 2.70. The van der Waals surface area contributed by atoms with E-state index in [4.69, 9.17) is 4.43 Å². The molecule has 0 bridgehead atoms. The average Bonchev–Trinajstić information content (AvgIpc) is 2.14. The molecule has 0 aliphatic carbocycles. The van der Waals surface area contributed by atoms with Gasteiger partial charge in [-0.3, -0.25) is 0 Å². The standard InChI is InChI=1S/C15H26OSi/c1-14(2,3)12-9-7-8-11(10-16-17)13(12)15(4,5)6/h7-9H,10H2,1-6,17H3. The monoisotopic (exact) mass is 250 g/mol. The van der Waals surface area contributed by atoms with Crippen LogP contribution in [0.15, 0.2) is 18.2 Å². The van der Waals surface area contributed by atoms with Gasteiger partial charge >= 0.3 is 0 Å². The molecule has 1 nitrogen and oxygen atoms in total. The largest absolute Gasteiger partial charge is 0.424 e. The van der Waals surface area contributed by atoms with Crippen molar-refractivity contribution in [3.63, 3.8) is 0 Å². The van der Waals surface area contributed by atoms with Gasteiger partial charge in [-0.05, 0) is 27.5 Å². The minimum absolute atomic E-state index is 0.166. The first kappa shape index (κ1) is 14.5. The first-order chi connectivity index (χ1) is 7.68. The SMILES string of the molecule is CC(C)(C)c1cccc(CO[SiH3])c1C(C)(C)C. The lowest BCUT2D eigenvalue weighted by Crippen LogP contribution is -2.24. The van der Waals surface area contributed by atoms with E-state index in [9.17, 15) is 0 Å². The topological polar surface area (TPSA) is 9.23 Å². The van der Waals surface area contributed by atoms with Crippen molar-refractivity contribution in [1.29, 1.82) is 0 Å². The molecule has 0 aliphatic heterocycles. The molecule has 1 rings (SSSR count). The molecule has 0 radical (unpaired) electrons. The lowest BCUT2D eigenvalue weighted by atomic mass is 9.73. The van der Waals surface area contributed by atoms with Crippen molar-refractivity contribution in [1.82, 2.24) is 0 Å². The van der Waals surface area contributed by atoms with Gasteiger partial charge < -0.3 is 4.43 Å². The Morgan fingerprint density at radius 2 is 1.59 bits per heavy atom. The lowest BCUT2D eigenvalue weighted by molar-refractivity contribution is 0.333. The van der Waals surface area contributed by atoms with Crippen LogP contribution in [0.2, 0.25) is 0 Å². The Morgan fingerprint density at radius 3 is 2.00 bits per heavy atom. The molecule has 0 heterocycles. The zero-order chi connectivity index (χ0) is 13.3. The molecular formula is C15H26OSi. The Balaban J connectivity index is 3.46. The summed E-state index contributed by atoms with van der Waals surface area (Å²) in [6.45, 7) is 14.5. The predicted molar refractivity (Wildman–Crippen MR) is 78.6 cm³/mol. The first-order valence-electron chi connectivity index (χ1n) is 6.29. The molecular weight excluding hydrogens is 224 g/mol. The second-order valence-electron chi connectivity index (χ2n) is 6.77. The molecule has 0 fully saturated rings. The zero-order valence-corrected chi connectivity index (χ0v) is 14.3. The molecule has 2 heteroatoms. The van der Waals surface area contributed by atoms with Crippen molar-refractivity contribution in [3.8, 4) is 0 Å². The predicted octanol–water partition coefficient (Wildman–Crippen LogP) is 3.08. The van der Waals surface area contributed by atoms with Gasteiger partial charge in [0.2, 0.25) is 0 Å². The summed E-state index contributed by atoms with van der Waals surface area (Å²) < 4.78 is 5.47. The van der Waals surface area contributed by atoms with E-state index in [0.717, 1.165) is 17.1 Å². The molecule has 0 spiro atoms. The summed E-state index contributed by atoms with van der Waals surface area (Å²) in [7, 11) is 0.796. The zero-order valence-electron chi connectivity index (χ0n) is 12.3. The molecule has 17 heavy (non-hydrogen) atoms. The highest BCUT2D eigenvalue weighted by Crippen LogP contribution is 2.36. The van der Waals surface area contributed by atoms with Gasteiger partial charge in [-0.1, -0.05) is 59.7 Å². The van der Waals surface area contributed by atoms with E-state index >= 15 is 0 Å². The highest BCUT2D eigenvalue weighted by Gasteiger charge is 2.27. The number of benzene rings is 1. The quantitative estimate of drug-likeness (QED) is 0.733. The maximum absolute atomic E-state index is 5.47. The second kappa shape index (κ2) is 4.95. The van der Waals surface area contributed by atoms with E-state index in [-0.39, 0.29) is 10.8 Å². The third-order valence-electron chi connectivity index (χ3n) is 3.01. The van der Waals surface area contributed by atoms with Crippen molar-refractivity contribution in [2.45, 2.75) is 59.0 Å². The van der Waals surface area contributed by atoms with Crippen LogP contribution in [0.1, 0.15) is 58.2 Å². The molecule has 0 atom stereocenters. The van der Waals surface area contributed by atoms with Gasteiger partial charge in [0, 0.05) is 0 Å². The summed E-state index contributed by atoms with van der Waals surface area (Å²) in [5, 5.41) is 0. The van der Waals surface area contributed by atoms with E-state index in [1.807, 2.05) is 0 Å². The third-order valence-corrected chi connectivity index (χ3v) is 3.30. The van der Waals surface area contributed by atoms with Crippen LogP contribution in [0.5, 0.6) is 0 Å². The number of hydrogen-bond acceptors (Lipinski definition) is 1. The number of rotatable bonds is 2. The van der Waals surface area contributed by atoms with Crippen LogP contribution in [0.3, 0.4) is 0 Å². The van der Waals surface area contributed by atoms with E-state index in [2.05, 4.69) is 59.7 Å². The van der Waals surface area contributed by atoms with Gasteiger partial charge in [-0.2, -0.15) is 0 Å². The van der Waals surface area contributed by atoms with Gasteiger partial charge in [0.05, 0.1) is 6.61 Å². The van der Waals surface area contributed by atoms with Crippen LogP contribution < -0.4 is 0 Å². The summed E-state index contributed by atoms with van der Waals surface area (Å²) in [6, 6.07) is 6.62. The van der Waals surface area contributed by atoms with Crippen molar-refractivity contribution >= 4 is 10.5 Å². The molecule has 0 N–H and O–H groups in total. The summed E-state index contributed by atoms with van der Waals surface area (Å²) >= 11 is 0. The van der Waals surface area contributed by atoms with E-state index in [1.165, 1.54) is 16.7 Å². The van der Waals surface area contributed by atoms with Crippen LogP contribution in [-0.2, 0) is 21.9 Å². The highest BCUT2D eigenvalue weighted by molar-refractivity contribution is 5.97. The molecule has 0 amide bonds. The lowest BCUT2D eigenvalue weighted by Gasteiger charge is -2.32. The van der Waals surface area contributed by atoms with Crippen molar-refractivity contribution in [2.75, 3.05) is 0 Å². The average molecular weight is 250 g/mol. The summed E-state index contributed by atoms with van der Waals surface area (Å²) in [4.78, 5) is 0. The maximum Gasteiger partial charge on any atom is 0.146 e. The van der Waals surface area contributed by atoms with Gasteiger partial charge in [-0.15, -0.1) is 0 Å². The smallest absolute Gasteiger partial charge is 0.146 e. The fourth-order valence-electron chi connectivity index (χ4n) is 2.39. The van der Waals surface area contributed by atoms with Gasteiger partial charge in [0.1, 0.15) is 10.5 Å². The first-order valence-corrected chi connectivity index (χ1v) is 7.11. The van der Waals surface area contributed by atoms with Crippen LogP contribution in [0.4, 0.5) is 0 Å². The highest BCUT2D eigenvalue weighted by atomic mass is 28.2. The van der Waals surface area contributed by atoms with Crippen molar-refractivity contribution < 1.29 is 4.43 Å². The molecule has 0 unspecified atom stereocenters. The Morgan fingerprint density at radius 1 is 1.00 bits per heavy atom. The van der Waals surface area contributed by atoms with Gasteiger partial charge in [0.15, 0.2) is 0 Å². The molecule has 0 saturated carbocycles. The molecule has 1 aromatic rings. The third kappa shape index (κ3) is 3.43. The van der Waals surface area contributed by atoms with Crippen molar-refractivity contribution in [2.24, 2.45) is 0 Å². The molecule has 0 aliphatic rings. The normalized spacial score (nSPS) is 13.1. The molecule has 1 aromatic carbocycles. The van der Waals surface area contributed by atoms with E-state index in [1.54, 1.807) is 0 Å². The van der Waals surface area contributed by atoms with E-state index in [0.29, 0.717) is 0 Å². The number of hydrogen-bond donors (Lipinski definition) is 0. The Bertz CT molecular complexity index is 383. The summed E-state index contributed by atoms with van der Waals surface area (Å²) in [6.07, 6.45) is 0. The molecule has 0 aromatic heterocycles. The second-order valence-corrected chi connectivity index (χ2v) is 7.35. The van der Waals surface area contributed by atoms with Crippen LogP contribution in [-0.4, -0.2) is 10.5 Å². The Kier molecular flexibility index (Phi) is 4.21. The minimum atomic E-state index is 0.166. The van der Waals surface area contributed by atoms with Crippen LogP contribution >= 0.6 is 0 Å². The Hall–Kier alpha value is -0.603. The van der Waals surface area contributed by atoms with Crippen LogP contribution in [0.25, 0.3) is 0 Å². The Labute approximate surface area is 109 Å². The summed E-state index contributed by atoms with van der Waals surface area (Å²) in [5.41, 5.74) is 4.60. The maximum atomic E-state index is 5.47. The van der Waals surface area contributed by atoms with E-state index < -0.39 is 0 Å². The molecule has 96 valence electrons. The van der Waals surface area contributed by atoms with Crippen molar-refractivity contribution in [3.05, 3.63) is 34.9 Å². The summed E-state index contributed by atoms with van der Waals surface area (Å²) in [5.74, 6) is 0. The van der Waals surface area contributed by atoms with Gasteiger partial charge in [-0.25, -0.2) is 0 Å².